The molecule has 100 valence electrons. The van der Waals surface area contributed by atoms with Crippen LogP contribution in [-0.2, 0) is 9.53 Å². The van der Waals surface area contributed by atoms with E-state index in [9.17, 15) is 9.18 Å². The van der Waals surface area contributed by atoms with Gasteiger partial charge >= 0.3 is 5.97 Å². The average Bonchev–Trinajstić information content (AvgIpc) is 2.33. The molecule has 1 rings (SSSR count). The molecule has 1 unspecified atom stereocenters. The molecule has 0 fully saturated rings. The number of ether oxygens (including phenoxy) is 2. The number of rotatable bonds is 6. The highest BCUT2D eigenvalue weighted by Gasteiger charge is 2.21. The molecule has 0 spiro atoms. The van der Waals surface area contributed by atoms with Crippen molar-refractivity contribution in [2.45, 2.75) is 32.8 Å². The zero-order valence-corrected chi connectivity index (χ0v) is 11.2. The van der Waals surface area contributed by atoms with E-state index >= 15 is 0 Å². The van der Waals surface area contributed by atoms with E-state index in [-0.39, 0.29) is 17.4 Å². The van der Waals surface area contributed by atoms with Gasteiger partial charge in [-0.2, -0.15) is 0 Å². The van der Waals surface area contributed by atoms with Crippen LogP contribution >= 0.6 is 11.6 Å². The molecule has 5 heteroatoms. The normalized spacial score (nSPS) is 12.0. The zero-order chi connectivity index (χ0) is 13.5. The molecule has 1 aromatic carbocycles. The predicted molar refractivity (Wildman–Crippen MR) is 67.4 cm³/mol. The van der Waals surface area contributed by atoms with Crippen molar-refractivity contribution in [2.24, 2.45) is 0 Å². The minimum absolute atomic E-state index is 0.0190. The Hall–Kier alpha value is -1.29. The molecule has 0 heterocycles. The lowest BCUT2D eigenvalue weighted by Gasteiger charge is -2.17. The van der Waals surface area contributed by atoms with Crippen LogP contribution in [0.15, 0.2) is 18.2 Å². The summed E-state index contributed by atoms with van der Waals surface area (Å²) in [4.78, 5) is 11.6. The molecular weight excluding hydrogens is 259 g/mol. The van der Waals surface area contributed by atoms with Crippen LogP contribution in [0.3, 0.4) is 0 Å². The van der Waals surface area contributed by atoms with Gasteiger partial charge in [-0.15, -0.1) is 0 Å². The second-order valence-electron chi connectivity index (χ2n) is 3.72. The maximum atomic E-state index is 13.2. The third kappa shape index (κ3) is 4.18. The summed E-state index contributed by atoms with van der Waals surface area (Å²) in [6.07, 6.45) is 0.568. The Morgan fingerprint density at radius 1 is 1.44 bits per heavy atom. The van der Waals surface area contributed by atoms with Crippen molar-refractivity contribution < 1.29 is 18.7 Å². The van der Waals surface area contributed by atoms with Crippen LogP contribution < -0.4 is 4.74 Å². The molecule has 0 aliphatic heterocycles. The van der Waals surface area contributed by atoms with Crippen LogP contribution in [0.2, 0.25) is 5.02 Å². The number of halogens is 2. The minimum atomic E-state index is -0.712. The van der Waals surface area contributed by atoms with Crippen LogP contribution in [0, 0.1) is 5.82 Å². The summed E-state index contributed by atoms with van der Waals surface area (Å²) in [7, 11) is 0. The van der Waals surface area contributed by atoms with E-state index in [2.05, 4.69) is 0 Å². The average molecular weight is 275 g/mol. The van der Waals surface area contributed by atoms with Crippen molar-refractivity contribution in [3.8, 4) is 5.75 Å². The second kappa shape index (κ2) is 7.21. The van der Waals surface area contributed by atoms with Crippen LogP contribution in [0.25, 0.3) is 0 Å². The number of esters is 1. The highest BCUT2D eigenvalue weighted by molar-refractivity contribution is 6.30. The molecule has 0 aliphatic rings. The second-order valence-corrected chi connectivity index (χ2v) is 4.13. The van der Waals surface area contributed by atoms with Crippen LogP contribution in [0.1, 0.15) is 26.7 Å². The summed E-state index contributed by atoms with van der Waals surface area (Å²) < 4.78 is 23.6. The zero-order valence-electron chi connectivity index (χ0n) is 10.4. The summed E-state index contributed by atoms with van der Waals surface area (Å²) in [6.45, 7) is 3.94. The first kappa shape index (κ1) is 14.8. The highest BCUT2D eigenvalue weighted by atomic mass is 35.5. The van der Waals surface area contributed by atoms with Crippen LogP contribution in [-0.4, -0.2) is 18.7 Å². The fourth-order valence-electron chi connectivity index (χ4n) is 1.44. The smallest absolute Gasteiger partial charge is 0.347 e. The molecule has 1 atom stereocenters. The Kier molecular flexibility index (Phi) is 5.92. The standard InChI is InChI=1S/C13H16ClFO3/c1-3-5-12(13(16)17-4-2)18-9-6-7-10(14)11(15)8-9/h6-8,12H,3-5H2,1-2H3. The molecule has 0 radical (unpaired) electrons. The van der Waals surface area contributed by atoms with Crippen molar-refractivity contribution >= 4 is 17.6 Å². The van der Waals surface area contributed by atoms with Gasteiger partial charge in [0, 0.05) is 6.07 Å². The van der Waals surface area contributed by atoms with E-state index in [1.807, 2.05) is 6.92 Å². The lowest BCUT2D eigenvalue weighted by atomic mass is 10.2. The van der Waals surface area contributed by atoms with Crippen molar-refractivity contribution in [3.05, 3.63) is 29.0 Å². The number of benzene rings is 1. The van der Waals surface area contributed by atoms with E-state index in [1.54, 1.807) is 6.92 Å². The van der Waals surface area contributed by atoms with Gasteiger partial charge in [0.05, 0.1) is 11.6 Å². The molecule has 0 N–H and O–H groups in total. The first-order valence-electron chi connectivity index (χ1n) is 5.86. The topological polar surface area (TPSA) is 35.5 Å². The van der Waals surface area contributed by atoms with Gasteiger partial charge in [-0.3, -0.25) is 0 Å². The van der Waals surface area contributed by atoms with Gasteiger partial charge in [0.15, 0.2) is 6.10 Å². The fraction of sp³-hybridized carbons (Fsp3) is 0.462. The van der Waals surface area contributed by atoms with Crippen LogP contribution in [0.4, 0.5) is 4.39 Å². The Morgan fingerprint density at radius 3 is 2.72 bits per heavy atom. The number of carbonyl (C=O) groups is 1. The van der Waals surface area contributed by atoms with Crippen LogP contribution in [0.5, 0.6) is 5.75 Å². The van der Waals surface area contributed by atoms with E-state index in [0.717, 1.165) is 12.5 Å². The van der Waals surface area contributed by atoms with Gasteiger partial charge in [-0.25, -0.2) is 9.18 Å². The van der Waals surface area contributed by atoms with Gasteiger partial charge in [-0.1, -0.05) is 24.9 Å². The molecule has 0 amide bonds. The Bertz CT molecular complexity index is 409. The Labute approximate surface area is 111 Å². The van der Waals surface area contributed by atoms with Gasteiger partial charge in [0.25, 0.3) is 0 Å². The quantitative estimate of drug-likeness (QED) is 0.744. The summed E-state index contributed by atoms with van der Waals surface area (Å²) >= 11 is 5.57. The number of hydrogen-bond acceptors (Lipinski definition) is 3. The van der Waals surface area contributed by atoms with Crippen molar-refractivity contribution in [3.63, 3.8) is 0 Å². The van der Waals surface area contributed by atoms with E-state index < -0.39 is 17.9 Å². The third-order valence-electron chi connectivity index (χ3n) is 2.27. The predicted octanol–water partition coefficient (Wildman–Crippen LogP) is 3.59. The first-order valence-corrected chi connectivity index (χ1v) is 6.24. The lowest BCUT2D eigenvalue weighted by molar-refractivity contribution is -0.151. The van der Waals surface area contributed by atoms with Crippen molar-refractivity contribution in [2.75, 3.05) is 6.61 Å². The lowest BCUT2D eigenvalue weighted by Crippen LogP contribution is -2.29. The van der Waals surface area contributed by atoms with Gasteiger partial charge in [-0.05, 0) is 25.5 Å². The highest BCUT2D eigenvalue weighted by Crippen LogP contribution is 2.22. The molecule has 0 aliphatic carbocycles. The molecule has 3 nitrogen and oxygen atoms in total. The number of carbonyl (C=O) groups excluding carboxylic acids is 1. The molecule has 1 aromatic rings. The van der Waals surface area contributed by atoms with Gasteiger partial charge in [0.1, 0.15) is 11.6 Å². The molecular formula is C13H16ClFO3. The fourth-order valence-corrected chi connectivity index (χ4v) is 1.55. The Morgan fingerprint density at radius 2 is 2.17 bits per heavy atom. The largest absolute Gasteiger partial charge is 0.479 e. The summed E-state index contributed by atoms with van der Waals surface area (Å²) in [5.74, 6) is -0.744. The third-order valence-corrected chi connectivity index (χ3v) is 2.58. The van der Waals surface area contributed by atoms with E-state index in [0.29, 0.717) is 6.42 Å². The minimum Gasteiger partial charge on any atom is -0.479 e. The SMILES string of the molecule is CCCC(Oc1ccc(Cl)c(F)c1)C(=O)OCC. The summed E-state index contributed by atoms with van der Waals surface area (Å²) in [5, 5.41) is 0.0190. The van der Waals surface area contributed by atoms with Gasteiger partial charge in [0.2, 0.25) is 0 Å². The first-order chi connectivity index (χ1) is 8.58. The number of hydrogen-bond donors (Lipinski definition) is 0. The monoisotopic (exact) mass is 274 g/mol. The molecule has 0 saturated heterocycles. The van der Waals surface area contributed by atoms with E-state index in [4.69, 9.17) is 21.1 Å². The molecule has 0 bridgehead atoms. The maximum Gasteiger partial charge on any atom is 0.347 e. The van der Waals surface area contributed by atoms with Crippen molar-refractivity contribution in [1.29, 1.82) is 0 Å². The molecule has 18 heavy (non-hydrogen) atoms. The molecule has 0 aromatic heterocycles. The summed E-state index contributed by atoms with van der Waals surface area (Å²) in [5.41, 5.74) is 0. The van der Waals surface area contributed by atoms with Crippen molar-refractivity contribution in [1.82, 2.24) is 0 Å². The van der Waals surface area contributed by atoms with E-state index in [1.165, 1.54) is 12.1 Å². The van der Waals surface area contributed by atoms with Gasteiger partial charge < -0.3 is 9.47 Å². The Balaban J connectivity index is 2.76. The summed E-state index contributed by atoms with van der Waals surface area (Å²) in [6, 6.07) is 4.07. The maximum absolute atomic E-state index is 13.2. The molecule has 0 saturated carbocycles.